The molecule has 0 saturated heterocycles. The first-order valence-corrected chi connectivity index (χ1v) is 10.00. The first-order chi connectivity index (χ1) is 14.5. The van der Waals surface area contributed by atoms with Crippen LogP contribution in [0.3, 0.4) is 0 Å². The zero-order valence-corrected chi connectivity index (χ0v) is 17.5. The van der Waals surface area contributed by atoms with Gasteiger partial charge in [-0.3, -0.25) is 4.79 Å². The number of hydrogen-bond acceptors (Lipinski definition) is 3. The summed E-state index contributed by atoms with van der Waals surface area (Å²) in [7, 11) is 0. The molecule has 0 fully saturated rings. The number of aryl methyl sites for hydroxylation is 3. The number of carbonyl (C=O) groups excluding carboxylic acids is 1. The molecule has 0 aliphatic carbocycles. The Hall–Kier alpha value is -3.60. The molecule has 0 atom stereocenters. The van der Waals surface area contributed by atoms with Gasteiger partial charge < -0.3 is 14.6 Å². The summed E-state index contributed by atoms with van der Waals surface area (Å²) < 4.78 is 7.85. The topological polar surface area (TPSA) is 56.2 Å². The van der Waals surface area contributed by atoms with E-state index in [1.165, 1.54) is 5.56 Å². The van der Waals surface area contributed by atoms with E-state index in [2.05, 4.69) is 11.4 Å². The molecule has 152 valence electrons. The highest BCUT2D eigenvalue weighted by molar-refractivity contribution is 5.92. The van der Waals surface area contributed by atoms with Crippen molar-refractivity contribution in [3.05, 3.63) is 89.2 Å². The third-order valence-electron chi connectivity index (χ3n) is 4.93. The summed E-state index contributed by atoms with van der Waals surface area (Å²) >= 11 is 0. The Morgan fingerprint density at radius 1 is 0.933 bits per heavy atom. The van der Waals surface area contributed by atoms with Gasteiger partial charge in [0, 0.05) is 5.69 Å². The molecule has 0 radical (unpaired) electrons. The van der Waals surface area contributed by atoms with Gasteiger partial charge in [-0.15, -0.1) is 0 Å². The molecular weight excluding hydrogens is 374 g/mol. The highest BCUT2D eigenvalue weighted by Crippen LogP contribution is 2.20. The van der Waals surface area contributed by atoms with E-state index >= 15 is 0 Å². The van der Waals surface area contributed by atoms with Crippen LogP contribution in [0.5, 0.6) is 5.75 Å². The SMILES string of the molecule is Cc1ccc(OCc2nc3ccccc3n2CC(=O)Nc2cc(C)cc(C)c2)cc1. The molecule has 1 amide bonds. The van der Waals surface area contributed by atoms with Gasteiger partial charge in [0.15, 0.2) is 0 Å². The first-order valence-electron chi connectivity index (χ1n) is 10.00. The van der Waals surface area contributed by atoms with Crippen molar-refractivity contribution in [1.29, 1.82) is 0 Å². The number of rotatable bonds is 6. The smallest absolute Gasteiger partial charge is 0.244 e. The van der Waals surface area contributed by atoms with Gasteiger partial charge in [-0.25, -0.2) is 4.98 Å². The van der Waals surface area contributed by atoms with E-state index in [-0.39, 0.29) is 19.1 Å². The number of anilines is 1. The largest absolute Gasteiger partial charge is 0.486 e. The molecule has 1 aromatic heterocycles. The van der Waals surface area contributed by atoms with Crippen molar-refractivity contribution >= 4 is 22.6 Å². The lowest BCUT2D eigenvalue weighted by Gasteiger charge is -2.12. The van der Waals surface area contributed by atoms with E-state index in [0.29, 0.717) is 5.82 Å². The second-order valence-corrected chi connectivity index (χ2v) is 7.63. The summed E-state index contributed by atoms with van der Waals surface area (Å²) in [5, 5.41) is 3.01. The average molecular weight is 399 g/mol. The molecule has 0 bridgehead atoms. The molecule has 1 N–H and O–H groups in total. The maximum Gasteiger partial charge on any atom is 0.244 e. The molecule has 0 spiro atoms. The second-order valence-electron chi connectivity index (χ2n) is 7.63. The Morgan fingerprint density at radius 3 is 2.37 bits per heavy atom. The Morgan fingerprint density at radius 2 is 1.63 bits per heavy atom. The van der Waals surface area contributed by atoms with E-state index in [1.807, 2.05) is 86.0 Å². The predicted molar refractivity (Wildman–Crippen MR) is 120 cm³/mol. The van der Waals surface area contributed by atoms with Crippen molar-refractivity contribution in [2.45, 2.75) is 33.9 Å². The standard InChI is InChI=1S/C25H25N3O2/c1-17-8-10-21(11-9-17)30-16-24-27-22-6-4-5-7-23(22)28(24)15-25(29)26-20-13-18(2)12-19(3)14-20/h4-14H,15-16H2,1-3H3,(H,26,29). The number of amides is 1. The highest BCUT2D eigenvalue weighted by atomic mass is 16.5. The summed E-state index contributed by atoms with van der Waals surface area (Å²) in [5.74, 6) is 1.39. The van der Waals surface area contributed by atoms with Crippen LogP contribution in [0.15, 0.2) is 66.7 Å². The number of aromatic nitrogens is 2. The highest BCUT2D eigenvalue weighted by Gasteiger charge is 2.14. The zero-order chi connectivity index (χ0) is 21.1. The molecule has 0 aliphatic heterocycles. The molecule has 5 nitrogen and oxygen atoms in total. The number of nitrogens with zero attached hydrogens (tertiary/aromatic N) is 2. The fourth-order valence-electron chi connectivity index (χ4n) is 3.59. The minimum absolute atomic E-state index is 0.0975. The van der Waals surface area contributed by atoms with Gasteiger partial charge in [0.2, 0.25) is 5.91 Å². The van der Waals surface area contributed by atoms with Crippen LogP contribution in [0.1, 0.15) is 22.5 Å². The molecule has 5 heteroatoms. The molecule has 1 heterocycles. The first kappa shape index (κ1) is 19.7. The molecule has 30 heavy (non-hydrogen) atoms. The number of hydrogen-bond donors (Lipinski definition) is 1. The summed E-state index contributed by atoms with van der Waals surface area (Å²) in [4.78, 5) is 17.5. The molecule has 4 rings (SSSR count). The van der Waals surface area contributed by atoms with Crippen LogP contribution in [-0.4, -0.2) is 15.5 Å². The van der Waals surface area contributed by atoms with Crippen LogP contribution < -0.4 is 10.1 Å². The summed E-state index contributed by atoms with van der Waals surface area (Å²) in [6.07, 6.45) is 0. The Kier molecular flexibility index (Phi) is 5.53. The van der Waals surface area contributed by atoms with Crippen LogP contribution in [0, 0.1) is 20.8 Å². The number of ether oxygens (including phenoxy) is 1. The van der Waals surface area contributed by atoms with Crippen molar-refractivity contribution in [3.63, 3.8) is 0 Å². The van der Waals surface area contributed by atoms with Gasteiger partial charge in [0.25, 0.3) is 0 Å². The maximum atomic E-state index is 12.8. The van der Waals surface area contributed by atoms with Gasteiger partial charge in [0.05, 0.1) is 11.0 Å². The van der Waals surface area contributed by atoms with Crippen molar-refractivity contribution < 1.29 is 9.53 Å². The number of para-hydroxylation sites is 2. The van der Waals surface area contributed by atoms with Crippen molar-refractivity contribution in [1.82, 2.24) is 9.55 Å². The zero-order valence-electron chi connectivity index (χ0n) is 17.5. The Balaban J connectivity index is 1.56. The molecule has 4 aromatic rings. The van der Waals surface area contributed by atoms with Crippen molar-refractivity contribution in [2.24, 2.45) is 0 Å². The summed E-state index contributed by atoms with van der Waals surface area (Å²) in [6.45, 7) is 6.53. The second kappa shape index (κ2) is 8.41. The molecule has 0 unspecified atom stereocenters. The van der Waals surface area contributed by atoms with E-state index < -0.39 is 0 Å². The Labute approximate surface area is 176 Å². The normalized spacial score (nSPS) is 10.9. The lowest BCUT2D eigenvalue weighted by atomic mass is 10.1. The van der Waals surface area contributed by atoms with E-state index in [0.717, 1.165) is 33.6 Å². The van der Waals surface area contributed by atoms with Crippen LogP contribution in [-0.2, 0) is 17.9 Å². The van der Waals surface area contributed by atoms with Gasteiger partial charge in [-0.2, -0.15) is 0 Å². The van der Waals surface area contributed by atoms with Crippen molar-refractivity contribution in [3.8, 4) is 5.75 Å². The van der Waals surface area contributed by atoms with Gasteiger partial charge >= 0.3 is 0 Å². The fraction of sp³-hybridized carbons (Fsp3) is 0.200. The maximum absolute atomic E-state index is 12.8. The minimum Gasteiger partial charge on any atom is -0.486 e. The minimum atomic E-state index is -0.0975. The molecule has 3 aromatic carbocycles. The summed E-state index contributed by atoms with van der Waals surface area (Å²) in [6, 6.07) is 21.7. The van der Waals surface area contributed by atoms with Gasteiger partial charge in [-0.05, 0) is 68.3 Å². The average Bonchev–Trinajstić information content (AvgIpc) is 3.04. The molecule has 0 saturated carbocycles. The Bertz CT molecular complexity index is 1170. The van der Waals surface area contributed by atoms with Crippen LogP contribution in [0.25, 0.3) is 11.0 Å². The van der Waals surface area contributed by atoms with Crippen LogP contribution >= 0.6 is 0 Å². The van der Waals surface area contributed by atoms with Crippen molar-refractivity contribution in [2.75, 3.05) is 5.32 Å². The van der Waals surface area contributed by atoms with Gasteiger partial charge in [-0.1, -0.05) is 35.9 Å². The molecule has 0 aliphatic rings. The quantitative estimate of drug-likeness (QED) is 0.486. The van der Waals surface area contributed by atoms with E-state index in [1.54, 1.807) is 0 Å². The lowest BCUT2D eigenvalue weighted by Crippen LogP contribution is -2.21. The predicted octanol–water partition coefficient (Wildman–Crippen LogP) is 5.18. The van der Waals surface area contributed by atoms with Gasteiger partial charge in [0.1, 0.15) is 24.7 Å². The summed E-state index contributed by atoms with van der Waals surface area (Å²) in [5.41, 5.74) is 5.97. The lowest BCUT2D eigenvalue weighted by molar-refractivity contribution is -0.116. The van der Waals surface area contributed by atoms with E-state index in [4.69, 9.17) is 9.72 Å². The monoisotopic (exact) mass is 399 g/mol. The van der Waals surface area contributed by atoms with Crippen LogP contribution in [0.4, 0.5) is 5.69 Å². The molecular formula is C25H25N3O2. The number of benzene rings is 3. The fourth-order valence-corrected chi connectivity index (χ4v) is 3.59. The number of imidazole rings is 1. The third kappa shape index (κ3) is 4.51. The van der Waals surface area contributed by atoms with Crippen LogP contribution in [0.2, 0.25) is 0 Å². The number of nitrogens with one attached hydrogen (secondary N) is 1. The third-order valence-corrected chi connectivity index (χ3v) is 4.93. The van der Waals surface area contributed by atoms with E-state index in [9.17, 15) is 4.79 Å². The number of fused-ring (bicyclic) bond motifs is 1. The number of carbonyl (C=O) groups is 1.